The highest BCUT2D eigenvalue weighted by atomic mass is 32.1. The Labute approximate surface area is 97.7 Å². The molecule has 1 rings (SSSR count). The molecule has 6 heteroatoms. The van der Waals surface area contributed by atoms with Gasteiger partial charge in [0.2, 0.25) is 0 Å². The van der Waals surface area contributed by atoms with E-state index in [2.05, 4.69) is 12.6 Å². The van der Waals surface area contributed by atoms with Crippen LogP contribution in [0.4, 0.5) is 5.69 Å². The van der Waals surface area contributed by atoms with Crippen LogP contribution in [0.3, 0.4) is 0 Å². The monoisotopic (exact) mass is 241 g/mol. The summed E-state index contributed by atoms with van der Waals surface area (Å²) < 4.78 is 0. The summed E-state index contributed by atoms with van der Waals surface area (Å²) in [5.74, 6) is -2.15. The number of carboxylic acids is 2. The maximum absolute atomic E-state index is 10.6. The van der Waals surface area contributed by atoms with Gasteiger partial charge in [0.15, 0.2) is 0 Å². The summed E-state index contributed by atoms with van der Waals surface area (Å²) in [6.07, 6.45) is 0. The molecule has 0 spiro atoms. The first kappa shape index (κ1) is 12.4. The van der Waals surface area contributed by atoms with E-state index in [9.17, 15) is 9.59 Å². The fraction of sp³-hybridized carbons (Fsp3) is 0.200. The van der Waals surface area contributed by atoms with Gasteiger partial charge in [-0.05, 0) is 24.3 Å². The molecule has 0 aliphatic rings. The summed E-state index contributed by atoms with van der Waals surface area (Å²) in [6.45, 7) is -0.698. The molecule has 0 saturated heterocycles. The third-order valence-corrected chi connectivity index (χ3v) is 2.17. The third-order valence-electron chi connectivity index (χ3n) is 1.87. The highest BCUT2D eigenvalue weighted by Crippen LogP contribution is 2.16. The highest BCUT2D eigenvalue weighted by Gasteiger charge is 2.13. The van der Waals surface area contributed by atoms with Gasteiger partial charge in [0.05, 0.1) is 0 Å². The van der Waals surface area contributed by atoms with E-state index in [0.717, 1.165) is 4.90 Å². The molecule has 5 nitrogen and oxygen atoms in total. The molecule has 0 unspecified atom stereocenters. The number of hydrogen-bond donors (Lipinski definition) is 3. The lowest BCUT2D eigenvalue weighted by molar-refractivity contribution is -0.136. The van der Waals surface area contributed by atoms with Crippen LogP contribution in [0.15, 0.2) is 29.2 Å². The number of nitrogens with zero attached hydrogens (tertiary/aromatic N) is 1. The summed E-state index contributed by atoms with van der Waals surface area (Å²) in [5.41, 5.74) is 0.544. The normalized spacial score (nSPS) is 9.81. The predicted octanol–water partition coefficient (Wildman–Crippen LogP) is 0.951. The molecule has 0 saturated carbocycles. The number of carbonyl (C=O) groups is 2. The van der Waals surface area contributed by atoms with Gasteiger partial charge >= 0.3 is 11.9 Å². The van der Waals surface area contributed by atoms with Crippen molar-refractivity contribution in [3.8, 4) is 0 Å². The lowest BCUT2D eigenvalue weighted by atomic mass is 10.3. The van der Waals surface area contributed by atoms with Crippen LogP contribution in [0.5, 0.6) is 0 Å². The molecule has 0 aliphatic heterocycles. The van der Waals surface area contributed by atoms with Crippen LogP contribution in [-0.2, 0) is 9.59 Å². The average molecular weight is 241 g/mol. The number of hydrogen-bond acceptors (Lipinski definition) is 4. The molecule has 2 N–H and O–H groups in total. The fourth-order valence-corrected chi connectivity index (χ4v) is 1.38. The maximum atomic E-state index is 10.6. The number of carboxylic acid groups (broad SMARTS) is 2. The van der Waals surface area contributed by atoms with Gasteiger partial charge in [-0.2, -0.15) is 0 Å². The van der Waals surface area contributed by atoms with Crippen LogP contribution in [0.25, 0.3) is 0 Å². The van der Waals surface area contributed by atoms with Gasteiger partial charge in [0.25, 0.3) is 0 Å². The molecule has 0 bridgehead atoms. The summed E-state index contributed by atoms with van der Waals surface area (Å²) >= 11 is 4.09. The molecule has 0 aliphatic carbocycles. The van der Waals surface area contributed by atoms with E-state index in [4.69, 9.17) is 10.2 Å². The Morgan fingerprint density at radius 3 is 1.88 bits per heavy atom. The Hall–Kier alpha value is -1.69. The molecule has 0 aromatic heterocycles. The summed E-state index contributed by atoms with van der Waals surface area (Å²) in [4.78, 5) is 23.2. The van der Waals surface area contributed by atoms with Gasteiger partial charge in [0.1, 0.15) is 13.1 Å². The van der Waals surface area contributed by atoms with Gasteiger partial charge in [-0.1, -0.05) is 0 Å². The molecule has 1 aromatic carbocycles. The Bertz CT molecular complexity index is 374. The van der Waals surface area contributed by atoms with Gasteiger partial charge in [0, 0.05) is 10.6 Å². The molecule has 16 heavy (non-hydrogen) atoms. The van der Waals surface area contributed by atoms with E-state index < -0.39 is 11.9 Å². The molecule has 0 radical (unpaired) electrons. The van der Waals surface area contributed by atoms with Crippen LogP contribution in [0.2, 0.25) is 0 Å². The largest absolute Gasteiger partial charge is 0.480 e. The first-order valence-corrected chi connectivity index (χ1v) is 4.91. The quantitative estimate of drug-likeness (QED) is 0.669. The van der Waals surface area contributed by atoms with E-state index in [1.807, 2.05) is 0 Å². The summed E-state index contributed by atoms with van der Waals surface area (Å²) in [5, 5.41) is 17.3. The van der Waals surface area contributed by atoms with Gasteiger partial charge in [-0.15, -0.1) is 12.6 Å². The number of thiol groups is 1. The number of aliphatic carboxylic acids is 2. The zero-order chi connectivity index (χ0) is 12.1. The van der Waals surface area contributed by atoms with Crippen molar-refractivity contribution < 1.29 is 19.8 Å². The van der Waals surface area contributed by atoms with Crippen LogP contribution in [0, 0.1) is 0 Å². The molecular formula is C10H11NO4S. The van der Waals surface area contributed by atoms with E-state index in [0.29, 0.717) is 5.69 Å². The van der Waals surface area contributed by atoms with E-state index in [1.54, 1.807) is 24.3 Å². The number of rotatable bonds is 5. The molecule has 1 aromatic rings. The Morgan fingerprint density at radius 1 is 1.06 bits per heavy atom. The first-order chi connectivity index (χ1) is 7.49. The highest BCUT2D eigenvalue weighted by molar-refractivity contribution is 7.80. The van der Waals surface area contributed by atoms with Crippen molar-refractivity contribution in [3.63, 3.8) is 0 Å². The van der Waals surface area contributed by atoms with Crippen molar-refractivity contribution in [1.29, 1.82) is 0 Å². The topological polar surface area (TPSA) is 77.8 Å². The minimum atomic E-state index is -1.07. The standard InChI is InChI=1S/C10H11NO4S/c12-9(13)5-11(6-10(14)15)7-1-3-8(16)4-2-7/h1-4,16H,5-6H2,(H,12,13)(H,14,15). The van der Waals surface area contributed by atoms with Crippen LogP contribution in [-0.4, -0.2) is 35.2 Å². The second-order valence-electron chi connectivity index (χ2n) is 3.16. The van der Waals surface area contributed by atoms with Gasteiger partial charge < -0.3 is 15.1 Å². The Morgan fingerprint density at radius 2 is 1.50 bits per heavy atom. The van der Waals surface area contributed by atoms with Crippen LogP contribution >= 0.6 is 12.6 Å². The maximum Gasteiger partial charge on any atom is 0.323 e. The Balaban J connectivity index is 2.86. The zero-order valence-corrected chi connectivity index (χ0v) is 9.22. The van der Waals surface area contributed by atoms with Crippen molar-refractivity contribution >= 4 is 30.3 Å². The van der Waals surface area contributed by atoms with Crippen LogP contribution < -0.4 is 4.90 Å². The van der Waals surface area contributed by atoms with E-state index in [-0.39, 0.29) is 13.1 Å². The second-order valence-corrected chi connectivity index (χ2v) is 3.68. The third kappa shape index (κ3) is 3.82. The van der Waals surface area contributed by atoms with E-state index in [1.165, 1.54) is 4.90 Å². The minimum Gasteiger partial charge on any atom is -0.480 e. The van der Waals surface area contributed by atoms with Crippen molar-refractivity contribution in [2.24, 2.45) is 0 Å². The lowest BCUT2D eigenvalue weighted by Crippen LogP contribution is -2.34. The second kappa shape index (κ2) is 5.41. The van der Waals surface area contributed by atoms with Gasteiger partial charge in [-0.3, -0.25) is 9.59 Å². The molecular weight excluding hydrogens is 230 g/mol. The molecule has 86 valence electrons. The molecule has 0 amide bonds. The van der Waals surface area contributed by atoms with Gasteiger partial charge in [-0.25, -0.2) is 0 Å². The zero-order valence-electron chi connectivity index (χ0n) is 8.33. The predicted molar refractivity (Wildman–Crippen MR) is 61.2 cm³/mol. The summed E-state index contributed by atoms with van der Waals surface area (Å²) in [7, 11) is 0. The molecule has 0 fully saturated rings. The first-order valence-electron chi connectivity index (χ1n) is 4.46. The van der Waals surface area contributed by atoms with Crippen LogP contribution in [0.1, 0.15) is 0 Å². The number of benzene rings is 1. The Kier molecular flexibility index (Phi) is 4.19. The SMILES string of the molecule is O=C(O)CN(CC(=O)O)c1ccc(S)cc1. The summed E-state index contributed by atoms with van der Waals surface area (Å²) in [6, 6.07) is 6.62. The fourth-order valence-electron chi connectivity index (χ4n) is 1.23. The smallest absolute Gasteiger partial charge is 0.323 e. The van der Waals surface area contributed by atoms with Crippen molar-refractivity contribution in [3.05, 3.63) is 24.3 Å². The van der Waals surface area contributed by atoms with Crippen molar-refractivity contribution in [2.75, 3.05) is 18.0 Å². The van der Waals surface area contributed by atoms with E-state index >= 15 is 0 Å². The average Bonchev–Trinajstić information content (AvgIpc) is 2.16. The van der Waals surface area contributed by atoms with Crippen molar-refractivity contribution in [2.45, 2.75) is 4.90 Å². The minimum absolute atomic E-state index is 0.349. The lowest BCUT2D eigenvalue weighted by Gasteiger charge is -2.20. The van der Waals surface area contributed by atoms with Crippen molar-refractivity contribution in [1.82, 2.24) is 0 Å². The molecule has 0 heterocycles. The number of anilines is 1. The molecule has 0 atom stereocenters.